The van der Waals surface area contributed by atoms with Crippen LogP contribution in [0.5, 0.6) is 0 Å². The average Bonchev–Trinajstić information content (AvgIpc) is 2.87. The van der Waals surface area contributed by atoms with E-state index in [9.17, 15) is 13.2 Å². The SMILES string of the molecule is Cc1cc(S(=O)(=O)NC2COCC2C(=O)O)sc1Cl. The Hall–Kier alpha value is -0.670. The van der Waals surface area contributed by atoms with Crippen molar-refractivity contribution in [2.75, 3.05) is 13.2 Å². The van der Waals surface area contributed by atoms with E-state index in [-0.39, 0.29) is 17.4 Å². The van der Waals surface area contributed by atoms with E-state index >= 15 is 0 Å². The molecule has 1 aromatic heterocycles. The molecule has 19 heavy (non-hydrogen) atoms. The van der Waals surface area contributed by atoms with Gasteiger partial charge in [-0.05, 0) is 18.6 Å². The molecule has 106 valence electrons. The fourth-order valence-electron chi connectivity index (χ4n) is 1.74. The molecule has 0 spiro atoms. The first-order chi connectivity index (χ1) is 8.81. The van der Waals surface area contributed by atoms with E-state index in [0.29, 0.717) is 9.90 Å². The van der Waals surface area contributed by atoms with E-state index < -0.39 is 28.0 Å². The predicted octanol–water partition coefficient (Wildman–Crippen LogP) is 1.09. The summed E-state index contributed by atoms with van der Waals surface area (Å²) in [6.07, 6.45) is 0. The van der Waals surface area contributed by atoms with Crippen LogP contribution in [0.15, 0.2) is 10.3 Å². The number of hydrogen-bond acceptors (Lipinski definition) is 5. The van der Waals surface area contributed by atoms with Gasteiger partial charge >= 0.3 is 5.97 Å². The molecule has 6 nitrogen and oxygen atoms in total. The summed E-state index contributed by atoms with van der Waals surface area (Å²) in [5, 5.41) is 8.97. The topological polar surface area (TPSA) is 92.7 Å². The maximum atomic E-state index is 12.1. The number of thiophene rings is 1. The van der Waals surface area contributed by atoms with Gasteiger partial charge in [0, 0.05) is 0 Å². The number of halogens is 1. The van der Waals surface area contributed by atoms with Gasteiger partial charge in [-0.15, -0.1) is 11.3 Å². The van der Waals surface area contributed by atoms with Crippen molar-refractivity contribution in [2.45, 2.75) is 17.2 Å². The van der Waals surface area contributed by atoms with Crippen LogP contribution in [0, 0.1) is 12.8 Å². The highest BCUT2D eigenvalue weighted by Gasteiger charge is 2.37. The third-order valence-electron chi connectivity index (χ3n) is 2.80. The van der Waals surface area contributed by atoms with Gasteiger partial charge < -0.3 is 9.84 Å². The molecule has 0 aliphatic carbocycles. The van der Waals surface area contributed by atoms with Crippen molar-refractivity contribution < 1.29 is 23.1 Å². The van der Waals surface area contributed by atoms with E-state index in [1.165, 1.54) is 6.07 Å². The Morgan fingerprint density at radius 1 is 1.58 bits per heavy atom. The lowest BCUT2D eigenvalue weighted by Gasteiger charge is -2.14. The molecule has 1 aromatic rings. The lowest BCUT2D eigenvalue weighted by Crippen LogP contribution is -2.42. The zero-order valence-corrected chi connectivity index (χ0v) is 12.3. The molecule has 2 N–H and O–H groups in total. The number of carbonyl (C=O) groups is 1. The largest absolute Gasteiger partial charge is 0.481 e. The number of aryl methyl sites for hydroxylation is 1. The maximum Gasteiger partial charge on any atom is 0.310 e. The van der Waals surface area contributed by atoms with Crippen LogP contribution in [0.2, 0.25) is 4.34 Å². The highest BCUT2D eigenvalue weighted by molar-refractivity contribution is 7.91. The van der Waals surface area contributed by atoms with E-state index in [1.807, 2.05) is 0 Å². The first-order valence-corrected chi connectivity index (χ1v) is 8.08. The van der Waals surface area contributed by atoms with Crippen molar-refractivity contribution in [3.05, 3.63) is 16.0 Å². The molecular weight excluding hydrogens is 314 g/mol. The minimum Gasteiger partial charge on any atom is -0.481 e. The molecule has 2 heterocycles. The molecule has 0 aromatic carbocycles. The summed E-state index contributed by atoms with van der Waals surface area (Å²) in [4.78, 5) is 11.0. The standard InChI is InChI=1S/C10H12ClNO5S2/c1-5-2-8(18-9(5)11)19(15,16)12-7-4-17-3-6(7)10(13)14/h2,6-7,12H,3-4H2,1H3,(H,13,14). The van der Waals surface area contributed by atoms with Gasteiger partial charge in [0.05, 0.1) is 29.5 Å². The van der Waals surface area contributed by atoms with Crippen molar-refractivity contribution in [1.82, 2.24) is 4.72 Å². The third kappa shape index (κ3) is 3.09. The summed E-state index contributed by atoms with van der Waals surface area (Å²) < 4.78 is 32.1. The molecule has 1 aliphatic heterocycles. The number of nitrogens with one attached hydrogen (secondary N) is 1. The molecule has 9 heteroatoms. The fourth-order valence-corrected chi connectivity index (χ4v) is 4.72. The summed E-state index contributed by atoms with van der Waals surface area (Å²) in [6, 6.07) is 0.699. The van der Waals surface area contributed by atoms with E-state index in [1.54, 1.807) is 6.92 Å². The molecule has 2 unspecified atom stereocenters. The molecule has 1 saturated heterocycles. The first-order valence-electron chi connectivity index (χ1n) is 5.40. The molecule has 0 saturated carbocycles. The second-order valence-electron chi connectivity index (χ2n) is 4.23. The van der Waals surface area contributed by atoms with Crippen molar-refractivity contribution in [3.8, 4) is 0 Å². The summed E-state index contributed by atoms with van der Waals surface area (Å²) in [6.45, 7) is 1.76. The number of hydrogen-bond donors (Lipinski definition) is 2. The highest BCUT2D eigenvalue weighted by Crippen LogP contribution is 2.30. The zero-order chi connectivity index (χ0) is 14.2. The van der Waals surface area contributed by atoms with Crippen LogP contribution in [0.25, 0.3) is 0 Å². The third-order valence-corrected chi connectivity index (χ3v) is 6.32. The highest BCUT2D eigenvalue weighted by atomic mass is 35.5. The monoisotopic (exact) mass is 325 g/mol. The Labute approximate surface area is 119 Å². The Balaban J connectivity index is 2.20. The molecule has 1 fully saturated rings. The lowest BCUT2D eigenvalue weighted by atomic mass is 10.1. The molecule has 1 aliphatic rings. The van der Waals surface area contributed by atoms with Crippen molar-refractivity contribution >= 4 is 38.9 Å². The van der Waals surface area contributed by atoms with Crippen LogP contribution in [-0.2, 0) is 19.6 Å². The first kappa shape index (κ1) is 14.7. The smallest absolute Gasteiger partial charge is 0.310 e. The van der Waals surface area contributed by atoms with Gasteiger partial charge in [0.1, 0.15) is 4.21 Å². The van der Waals surface area contributed by atoms with Gasteiger partial charge in [-0.25, -0.2) is 13.1 Å². The van der Waals surface area contributed by atoms with Crippen LogP contribution in [-0.4, -0.2) is 38.7 Å². The van der Waals surface area contributed by atoms with Crippen LogP contribution in [0.1, 0.15) is 5.56 Å². The van der Waals surface area contributed by atoms with Crippen molar-refractivity contribution in [3.63, 3.8) is 0 Å². The van der Waals surface area contributed by atoms with Gasteiger partial charge in [-0.2, -0.15) is 0 Å². The minimum atomic E-state index is -3.77. The number of carboxylic acids is 1. The Kier molecular flexibility index (Phi) is 4.17. The fraction of sp³-hybridized carbons (Fsp3) is 0.500. The van der Waals surface area contributed by atoms with Crippen LogP contribution >= 0.6 is 22.9 Å². The molecular formula is C10H12ClNO5S2. The molecule has 0 radical (unpaired) electrons. The Bertz CT molecular complexity index is 578. The molecule has 0 amide bonds. The van der Waals surface area contributed by atoms with Crippen molar-refractivity contribution in [2.24, 2.45) is 5.92 Å². The number of rotatable bonds is 4. The summed E-state index contributed by atoms with van der Waals surface area (Å²) in [7, 11) is -3.77. The summed E-state index contributed by atoms with van der Waals surface area (Å²) in [5.74, 6) is -1.95. The van der Waals surface area contributed by atoms with Gasteiger partial charge in [0.25, 0.3) is 0 Å². The number of aliphatic carboxylic acids is 1. The second-order valence-corrected chi connectivity index (χ2v) is 7.83. The normalized spacial score (nSPS) is 23.7. The minimum absolute atomic E-state index is 0.00669. The Morgan fingerprint density at radius 2 is 2.26 bits per heavy atom. The van der Waals surface area contributed by atoms with E-state index in [0.717, 1.165) is 11.3 Å². The molecule has 2 rings (SSSR count). The van der Waals surface area contributed by atoms with Crippen molar-refractivity contribution in [1.29, 1.82) is 0 Å². The van der Waals surface area contributed by atoms with Crippen LogP contribution in [0.4, 0.5) is 0 Å². The predicted molar refractivity (Wildman–Crippen MR) is 70.1 cm³/mol. The van der Waals surface area contributed by atoms with Crippen LogP contribution < -0.4 is 4.72 Å². The maximum absolute atomic E-state index is 12.1. The van der Waals surface area contributed by atoms with Gasteiger partial charge in [-0.3, -0.25) is 4.79 Å². The van der Waals surface area contributed by atoms with Crippen LogP contribution in [0.3, 0.4) is 0 Å². The number of carboxylic acid groups (broad SMARTS) is 1. The zero-order valence-electron chi connectivity index (χ0n) is 9.92. The number of sulfonamides is 1. The van der Waals surface area contributed by atoms with Gasteiger partial charge in [-0.1, -0.05) is 11.6 Å². The number of ether oxygens (including phenoxy) is 1. The van der Waals surface area contributed by atoms with E-state index in [4.69, 9.17) is 21.4 Å². The Morgan fingerprint density at radius 3 is 2.79 bits per heavy atom. The summed E-state index contributed by atoms with van der Waals surface area (Å²) in [5.41, 5.74) is 0.671. The molecule has 0 bridgehead atoms. The lowest BCUT2D eigenvalue weighted by molar-refractivity contribution is -0.142. The van der Waals surface area contributed by atoms with Gasteiger partial charge in [0.2, 0.25) is 10.0 Å². The summed E-state index contributed by atoms with van der Waals surface area (Å²) >= 11 is 6.78. The van der Waals surface area contributed by atoms with E-state index in [2.05, 4.69) is 4.72 Å². The quantitative estimate of drug-likeness (QED) is 0.864. The molecule has 2 atom stereocenters. The average molecular weight is 326 g/mol. The van der Waals surface area contributed by atoms with Gasteiger partial charge in [0.15, 0.2) is 0 Å². The second kappa shape index (κ2) is 5.37.